The zero-order chi connectivity index (χ0) is 13.3. The molecular formula is C15H19ClN2O. The summed E-state index contributed by atoms with van der Waals surface area (Å²) in [5, 5.41) is 0.463. The first-order valence-corrected chi connectivity index (χ1v) is 7.52. The van der Waals surface area contributed by atoms with Gasteiger partial charge < -0.3 is 4.90 Å². The van der Waals surface area contributed by atoms with Crippen LogP contribution in [-0.2, 0) is 0 Å². The fraction of sp³-hybridized carbons (Fsp3) is 0.600. The summed E-state index contributed by atoms with van der Waals surface area (Å²) >= 11 is 6.11. The highest BCUT2D eigenvalue weighted by Gasteiger charge is 2.44. The third kappa shape index (κ3) is 2.25. The van der Waals surface area contributed by atoms with E-state index in [2.05, 4.69) is 9.88 Å². The highest BCUT2D eigenvalue weighted by molar-refractivity contribution is 6.33. The van der Waals surface area contributed by atoms with Crippen LogP contribution in [-0.4, -0.2) is 27.9 Å². The van der Waals surface area contributed by atoms with E-state index in [4.69, 9.17) is 11.6 Å². The van der Waals surface area contributed by atoms with Gasteiger partial charge in [0.15, 0.2) is 0 Å². The van der Waals surface area contributed by atoms with E-state index < -0.39 is 0 Å². The van der Waals surface area contributed by atoms with Crippen LogP contribution in [0.2, 0.25) is 5.02 Å². The van der Waals surface area contributed by atoms with Gasteiger partial charge in [-0.25, -0.2) is 0 Å². The third-order valence-electron chi connectivity index (χ3n) is 4.63. The summed E-state index contributed by atoms with van der Waals surface area (Å²) in [5.41, 5.74) is 0.714. The first-order valence-electron chi connectivity index (χ1n) is 7.14. The van der Waals surface area contributed by atoms with E-state index in [-0.39, 0.29) is 11.4 Å². The molecule has 1 spiro atoms. The summed E-state index contributed by atoms with van der Waals surface area (Å²) in [6.45, 7) is 0.873. The Hall–Kier alpha value is -1.09. The van der Waals surface area contributed by atoms with Gasteiger partial charge in [0.1, 0.15) is 0 Å². The molecule has 0 bridgehead atoms. The number of aromatic nitrogens is 1. The average Bonchev–Trinajstić information content (AvgIpc) is 2.82. The molecule has 0 aromatic carbocycles. The van der Waals surface area contributed by atoms with Crippen molar-refractivity contribution in [1.82, 2.24) is 9.88 Å². The molecule has 4 heteroatoms. The summed E-state index contributed by atoms with van der Waals surface area (Å²) in [5.74, 6) is 0.0896. The first kappa shape index (κ1) is 12.9. The van der Waals surface area contributed by atoms with Crippen molar-refractivity contribution in [3.05, 3.63) is 29.0 Å². The minimum atomic E-state index is 0.0896. The number of nitrogens with zero attached hydrogens (tertiary/aromatic N) is 2. The Morgan fingerprint density at radius 1 is 1.21 bits per heavy atom. The van der Waals surface area contributed by atoms with Gasteiger partial charge in [0.25, 0.3) is 5.91 Å². The van der Waals surface area contributed by atoms with Crippen LogP contribution in [0, 0.1) is 0 Å². The number of carbonyl (C=O) groups excluding carboxylic acids is 1. The van der Waals surface area contributed by atoms with Crippen molar-refractivity contribution >= 4 is 17.5 Å². The Morgan fingerprint density at radius 2 is 1.95 bits per heavy atom. The van der Waals surface area contributed by atoms with Crippen LogP contribution in [0.4, 0.5) is 0 Å². The number of hydrogen-bond acceptors (Lipinski definition) is 2. The molecule has 102 valence electrons. The second kappa shape index (κ2) is 5.12. The molecule has 1 saturated carbocycles. The molecule has 2 aliphatic rings. The van der Waals surface area contributed by atoms with Gasteiger partial charge in [-0.05, 0) is 31.7 Å². The number of likely N-dealkylation sites (tertiary alicyclic amines) is 1. The van der Waals surface area contributed by atoms with Crippen LogP contribution in [0.3, 0.4) is 0 Å². The highest BCUT2D eigenvalue weighted by Crippen LogP contribution is 2.42. The molecule has 1 amide bonds. The van der Waals surface area contributed by atoms with Crippen LogP contribution in [0.5, 0.6) is 0 Å². The molecule has 2 heterocycles. The lowest BCUT2D eigenvalue weighted by Crippen LogP contribution is -2.48. The molecule has 1 aliphatic heterocycles. The lowest BCUT2D eigenvalue weighted by atomic mass is 9.79. The predicted molar refractivity (Wildman–Crippen MR) is 75.3 cm³/mol. The summed E-state index contributed by atoms with van der Waals surface area (Å²) in [6, 6.07) is 1.74. The number of hydrogen-bond donors (Lipinski definition) is 0. The monoisotopic (exact) mass is 278 g/mol. The molecule has 0 atom stereocenters. The molecule has 0 unspecified atom stereocenters. The van der Waals surface area contributed by atoms with Gasteiger partial charge >= 0.3 is 0 Å². The summed E-state index contributed by atoms with van der Waals surface area (Å²) < 4.78 is 0. The van der Waals surface area contributed by atoms with E-state index in [0.29, 0.717) is 10.6 Å². The zero-order valence-electron chi connectivity index (χ0n) is 11.1. The minimum absolute atomic E-state index is 0.0896. The third-order valence-corrected chi connectivity index (χ3v) is 4.93. The van der Waals surface area contributed by atoms with E-state index in [9.17, 15) is 4.79 Å². The van der Waals surface area contributed by atoms with Gasteiger partial charge in [0.05, 0.1) is 10.6 Å². The van der Waals surface area contributed by atoms with Crippen molar-refractivity contribution in [2.75, 3.05) is 6.54 Å². The van der Waals surface area contributed by atoms with E-state index in [0.717, 1.165) is 32.2 Å². The predicted octanol–water partition coefficient (Wildman–Crippen LogP) is 3.67. The average molecular weight is 279 g/mol. The van der Waals surface area contributed by atoms with Gasteiger partial charge in [-0.2, -0.15) is 0 Å². The Bertz CT molecular complexity index is 483. The Balaban J connectivity index is 1.88. The maximum Gasteiger partial charge on any atom is 0.255 e. The maximum atomic E-state index is 12.8. The van der Waals surface area contributed by atoms with Crippen molar-refractivity contribution < 1.29 is 4.79 Å². The van der Waals surface area contributed by atoms with E-state index in [1.807, 2.05) is 0 Å². The fourth-order valence-corrected chi connectivity index (χ4v) is 3.88. The summed E-state index contributed by atoms with van der Waals surface area (Å²) in [7, 11) is 0. The topological polar surface area (TPSA) is 33.2 Å². The molecule has 0 N–H and O–H groups in total. The number of halogens is 1. The molecule has 3 rings (SSSR count). The molecule has 19 heavy (non-hydrogen) atoms. The fourth-order valence-electron chi connectivity index (χ4n) is 3.68. The Morgan fingerprint density at radius 3 is 2.68 bits per heavy atom. The smallest absolute Gasteiger partial charge is 0.255 e. The van der Waals surface area contributed by atoms with Gasteiger partial charge in [0, 0.05) is 24.5 Å². The zero-order valence-corrected chi connectivity index (χ0v) is 11.8. The van der Waals surface area contributed by atoms with Crippen LogP contribution >= 0.6 is 11.6 Å². The van der Waals surface area contributed by atoms with Crippen molar-refractivity contribution in [3.63, 3.8) is 0 Å². The molecule has 1 saturated heterocycles. The summed E-state index contributed by atoms with van der Waals surface area (Å²) in [6.07, 6.45) is 11.6. The van der Waals surface area contributed by atoms with Gasteiger partial charge in [-0.1, -0.05) is 30.9 Å². The minimum Gasteiger partial charge on any atom is -0.333 e. The maximum absolute atomic E-state index is 12.8. The second-order valence-corrected chi connectivity index (χ2v) is 6.11. The SMILES string of the molecule is O=C(c1ccncc1Cl)N1CCCC12CCCCC2. The largest absolute Gasteiger partial charge is 0.333 e. The van der Waals surface area contributed by atoms with Crippen molar-refractivity contribution in [1.29, 1.82) is 0 Å². The summed E-state index contributed by atoms with van der Waals surface area (Å²) in [4.78, 5) is 18.8. The van der Waals surface area contributed by atoms with E-state index in [1.165, 1.54) is 19.3 Å². The van der Waals surface area contributed by atoms with Crippen LogP contribution < -0.4 is 0 Å². The lowest BCUT2D eigenvalue weighted by Gasteiger charge is -2.41. The van der Waals surface area contributed by atoms with Crippen molar-refractivity contribution in [2.45, 2.75) is 50.5 Å². The van der Waals surface area contributed by atoms with E-state index in [1.54, 1.807) is 18.5 Å². The van der Waals surface area contributed by atoms with Crippen LogP contribution in [0.15, 0.2) is 18.5 Å². The Kier molecular flexibility index (Phi) is 3.48. The molecule has 3 nitrogen and oxygen atoms in total. The van der Waals surface area contributed by atoms with Crippen LogP contribution in [0.1, 0.15) is 55.3 Å². The molecule has 1 aliphatic carbocycles. The highest BCUT2D eigenvalue weighted by atomic mass is 35.5. The van der Waals surface area contributed by atoms with Crippen molar-refractivity contribution in [2.24, 2.45) is 0 Å². The van der Waals surface area contributed by atoms with Crippen molar-refractivity contribution in [3.8, 4) is 0 Å². The second-order valence-electron chi connectivity index (χ2n) is 5.70. The van der Waals surface area contributed by atoms with Gasteiger partial charge in [-0.15, -0.1) is 0 Å². The Labute approximate surface area is 119 Å². The molecule has 1 aromatic rings. The first-order chi connectivity index (χ1) is 9.23. The number of carbonyl (C=O) groups is 1. The van der Waals surface area contributed by atoms with Gasteiger partial charge in [-0.3, -0.25) is 9.78 Å². The number of amides is 1. The van der Waals surface area contributed by atoms with E-state index >= 15 is 0 Å². The molecule has 0 radical (unpaired) electrons. The number of rotatable bonds is 1. The van der Waals surface area contributed by atoms with Crippen LogP contribution in [0.25, 0.3) is 0 Å². The molecular weight excluding hydrogens is 260 g/mol. The normalized spacial score (nSPS) is 21.8. The molecule has 1 aromatic heterocycles. The molecule has 2 fully saturated rings. The van der Waals surface area contributed by atoms with Gasteiger partial charge in [0.2, 0.25) is 0 Å². The lowest BCUT2D eigenvalue weighted by molar-refractivity contribution is 0.0500. The standard InChI is InChI=1S/C15H19ClN2O/c16-13-11-17-9-5-12(13)14(19)18-10-4-8-15(18)6-2-1-3-7-15/h5,9,11H,1-4,6-8,10H2. The number of pyridine rings is 1. The quantitative estimate of drug-likeness (QED) is 0.785.